The van der Waals surface area contributed by atoms with Crippen molar-refractivity contribution in [3.05, 3.63) is 59.9 Å². The van der Waals surface area contributed by atoms with Crippen LogP contribution in [0.2, 0.25) is 0 Å². The maximum absolute atomic E-state index is 13.7. The monoisotopic (exact) mass is 435 g/mol. The first-order chi connectivity index (χ1) is 15.1. The SMILES string of the molecule is O=S(=O)(c1cccc2c1CCO2)n1cc(C2=CCC(N3CCC3)CC2)c2ncccc21. The Morgan fingerprint density at radius 3 is 2.77 bits per heavy atom. The molecule has 3 aliphatic rings. The molecular formula is C24H25N3O3S. The molecule has 6 rings (SSSR count). The molecular weight excluding hydrogens is 410 g/mol. The van der Waals surface area contributed by atoms with Crippen molar-refractivity contribution >= 4 is 26.6 Å². The van der Waals surface area contributed by atoms with Crippen LogP contribution in [0.4, 0.5) is 0 Å². The van der Waals surface area contributed by atoms with Gasteiger partial charge >= 0.3 is 0 Å². The summed E-state index contributed by atoms with van der Waals surface area (Å²) in [5.74, 6) is 0.669. The van der Waals surface area contributed by atoms with Crippen LogP contribution in [0, 0.1) is 0 Å². The van der Waals surface area contributed by atoms with Crippen molar-refractivity contribution in [2.75, 3.05) is 19.7 Å². The summed E-state index contributed by atoms with van der Waals surface area (Å²) in [5, 5.41) is 0. The number of fused-ring (bicyclic) bond motifs is 2. The van der Waals surface area contributed by atoms with Crippen molar-refractivity contribution in [1.82, 2.24) is 13.9 Å². The number of allylic oxidation sites excluding steroid dienone is 1. The second-order valence-corrected chi connectivity index (χ2v) is 10.4. The number of pyridine rings is 1. The van der Waals surface area contributed by atoms with Gasteiger partial charge < -0.3 is 4.74 Å². The average molecular weight is 436 g/mol. The van der Waals surface area contributed by atoms with Crippen molar-refractivity contribution < 1.29 is 13.2 Å². The molecule has 7 heteroatoms. The molecule has 2 aliphatic heterocycles. The third kappa shape index (κ3) is 3.02. The summed E-state index contributed by atoms with van der Waals surface area (Å²) in [7, 11) is -3.77. The third-order valence-corrected chi connectivity index (χ3v) is 8.66. The van der Waals surface area contributed by atoms with E-state index in [2.05, 4.69) is 16.0 Å². The highest BCUT2D eigenvalue weighted by Crippen LogP contribution is 2.37. The highest BCUT2D eigenvalue weighted by Gasteiger charge is 2.30. The molecule has 0 spiro atoms. The van der Waals surface area contributed by atoms with E-state index in [0.29, 0.717) is 35.2 Å². The van der Waals surface area contributed by atoms with E-state index in [9.17, 15) is 8.42 Å². The van der Waals surface area contributed by atoms with Crippen molar-refractivity contribution in [2.45, 2.75) is 43.0 Å². The summed E-state index contributed by atoms with van der Waals surface area (Å²) >= 11 is 0. The van der Waals surface area contributed by atoms with Crippen LogP contribution in [0.1, 0.15) is 36.8 Å². The van der Waals surface area contributed by atoms with Gasteiger partial charge in [0.1, 0.15) is 5.75 Å². The lowest BCUT2D eigenvalue weighted by molar-refractivity contribution is 0.111. The number of aromatic nitrogens is 2. The summed E-state index contributed by atoms with van der Waals surface area (Å²) in [6, 6.07) is 9.53. The molecule has 0 bridgehead atoms. The number of benzene rings is 1. The smallest absolute Gasteiger partial charge is 0.268 e. The number of nitrogens with zero attached hydrogens (tertiary/aromatic N) is 3. The maximum atomic E-state index is 13.7. The first-order valence-electron chi connectivity index (χ1n) is 11.0. The van der Waals surface area contributed by atoms with Gasteiger partial charge in [-0.2, -0.15) is 0 Å². The molecule has 4 heterocycles. The van der Waals surface area contributed by atoms with E-state index in [1.807, 2.05) is 12.1 Å². The Morgan fingerprint density at radius 2 is 2.00 bits per heavy atom. The van der Waals surface area contributed by atoms with Gasteiger partial charge in [-0.05, 0) is 68.6 Å². The Hall–Kier alpha value is -2.64. The van der Waals surface area contributed by atoms with Gasteiger partial charge in [-0.1, -0.05) is 12.1 Å². The van der Waals surface area contributed by atoms with Gasteiger partial charge in [-0.25, -0.2) is 12.4 Å². The second kappa shape index (κ2) is 7.21. The highest BCUT2D eigenvalue weighted by atomic mass is 32.2. The van der Waals surface area contributed by atoms with Crippen LogP contribution < -0.4 is 4.74 Å². The largest absolute Gasteiger partial charge is 0.493 e. The van der Waals surface area contributed by atoms with Crippen LogP contribution in [0.25, 0.3) is 16.6 Å². The number of hydrogen-bond acceptors (Lipinski definition) is 5. The third-order valence-electron chi connectivity index (χ3n) is 6.90. The normalized spacial score (nSPS) is 21.4. The maximum Gasteiger partial charge on any atom is 0.268 e. The standard InChI is InChI=1S/C24H25N3O3S/c28-31(29,23-6-1-5-22-19(23)11-15-30-22)27-16-20(24-21(27)4-2-12-25-24)17-7-9-18(10-8-17)26-13-3-14-26/h1-2,4-7,12,16,18H,3,8-11,13-15H2. The Morgan fingerprint density at radius 1 is 1.10 bits per heavy atom. The molecule has 1 fully saturated rings. The van der Waals surface area contributed by atoms with Gasteiger partial charge in [-0.3, -0.25) is 9.88 Å². The van der Waals surface area contributed by atoms with E-state index >= 15 is 0 Å². The highest BCUT2D eigenvalue weighted by molar-refractivity contribution is 7.90. The molecule has 1 unspecified atom stereocenters. The molecule has 0 N–H and O–H groups in total. The fraction of sp³-hybridized carbons (Fsp3) is 0.375. The topological polar surface area (TPSA) is 64.4 Å². The van der Waals surface area contributed by atoms with Crippen LogP contribution in [0.5, 0.6) is 5.75 Å². The van der Waals surface area contributed by atoms with Gasteiger partial charge in [0.2, 0.25) is 0 Å². The predicted octanol–water partition coefficient (Wildman–Crippen LogP) is 3.85. The Kier molecular flexibility index (Phi) is 4.43. The lowest BCUT2D eigenvalue weighted by Crippen LogP contribution is -2.45. The van der Waals surface area contributed by atoms with Gasteiger partial charge in [-0.15, -0.1) is 0 Å². The number of likely N-dealkylation sites (tertiary alicyclic amines) is 1. The Labute approximate surface area is 182 Å². The minimum Gasteiger partial charge on any atom is -0.493 e. The summed E-state index contributed by atoms with van der Waals surface area (Å²) < 4.78 is 34.5. The van der Waals surface area contributed by atoms with Crippen molar-refractivity contribution in [2.24, 2.45) is 0 Å². The zero-order chi connectivity index (χ0) is 21.0. The molecule has 0 saturated carbocycles. The lowest BCUT2D eigenvalue weighted by Gasteiger charge is -2.39. The van der Waals surface area contributed by atoms with E-state index in [4.69, 9.17) is 4.74 Å². The molecule has 31 heavy (non-hydrogen) atoms. The van der Waals surface area contributed by atoms with Crippen LogP contribution in [0.3, 0.4) is 0 Å². The number of ether oxygens (including phenoxy) is 1. The number of hydrogen-bond donors (Lipinski definition) is 0. The number of rotatable bonds is 4. The van der Waals surface area contributed by atoms with Crippen molar-refractivity contribution in [1.29, 1.82) is 0 Å². The summed E-state index contributed by atoms with van der Waals surface area (Å²) in [6.07, 6.45) is 10.8. The van der Waals surface area contributed by atoms with E-state index in [1.165, 1.54) is 29.1 Å². The van der Waals surface area contributed by atoms with E-state index in [1.54, 1.807) is 30.6 Å². The average Bonchev–Trinajstić information content (AvgIpc) is 3.38. The molecule has 1 aromatic carbocycles. The predicted molar refractivity (Wildman–Crippen MR) is 120 cm³/mol. The summed E-state index contributed by atoms with van der Waals surface area (Å²) in [5.41, 5.74) is 4.29. The molecule has 1 atom stereocenters. The minimum atomic E-state index is -3.77. The van der Waals surface area contributed by atoms with Crippen LogP contribution in [-0.2, 0) is 16.4 Å². The fourth-order valence-electron chi connectivity index (χ4n) is 5.10. The molecule has 0 radical (unpaired) electrons. The molecule has 1 aliphatic carbocycles. The molecule has 0 amide bonds. The van der Waals surface area contributed by atoms with Crippen molar-refractivity contribution in [3.63, 3.8) is 0 Å². The van der Waals surface area contributed by atoms with E-state index in [-0.39, 0.29) is 0 Å². The van der Waals surface area contributed by atoms with Crippen molar-refractivity contribution in [3.8, 4) is 5.75 Å². The van der Waals surface area contributed by atoms with Gasteiger partial charge in [0.05, 0.1) is 22.5 Å². The first kappa shape index (κ1) is 19.1. The first-order valence-corrected chi connectivity index (χ1v) is 12.5. The van der Waals surface area contributed by atoms with Crippen LogP contribution >= 0.6 is 0 Å². The summed E-state index contributed by atoms with van der Waals surface area (Å²) in [4.78, 5) is 7.45. The molecule has 6 nitrogen and oxygen atoms in total. The molecule has 160 valence electrons. The van der Waals surface area contributed by atoms with Gasteiger partial charge in [0.15, 0.2) is 0 Å². The Bertz CT molecular complexity index is 1300. The van der Waals surface area contributed by atoms with E-state index in [0.717, 1.165) is 35.9 Å². The zero-order valence-electron chi connectivity index (χ0n) is 17.3. The zero-order valence-corrected chi connectivity index (χ0v) is 18.1. The minimum absolute atomic E-state index is 0.324. The lowest BCUT2D eigenvalue weighted by atomic mass is 9.89. The summed E-state index contributed by atoms with van der Waals surface area (Å²) in [6.45, 7) is 2.93. The molecule has 2 aromatic heterocycles. The van der Waals surface area contributed by atoms with Gasteiger partial charge in [0, 0.05) is 36.0 Å². The fourth-order valence-corrected chi connectivity index (χ4v) is 6.73. The quantitative estimate of drug-likeness (QED) is 0.623. The molecule has 1 saturated heterocycles. The molecule has 3 aromatic rings. The van der Waals surface area contributed by atoms with Crippen LogP contribution in [0.15, 0.2) is 53.7 Å². The Balaban J connectivity index is 1.44. The van der Waals surface area contributed by atoms with Crippen LogP contribution in [-0.4, -0.2) is 48.0 Å². The van der Waals surface area contributed by atoms with E-state index < -0.39 is 10.0 Å². The second-order valence-electron chi connectivity index (χ2n) is 8.59. The van der Waals surface area contributed by atoms with Gasteiger partial charge in [0.25, 0.3) is 10.0 Å².